The van der Waals surface area contributed by atoms with Crippen LogP contribution in [0.3, 0.4) is 0 Å². The van der Waals surface area contributed by atoms with Crippen molar-refractivity contribution in [3.8, 4) is 0 Å². The average molecular weight is 261 g/mol. The highest BCUT2D eigenvalue weighted by Gasteiger charge is 2.44. The Morgan fingerprint density at radius 3 is 2.35 bits per heavy atom. The molecule has 1 saturated carbocycles. The number of hydrogen-bond acceptors (Lipinski definition) is 3. The van der Waals surface area contributed by atoms with Crippen LogP contribution >= 0.6 is 0 Å². The fourth-order valence-electron chi connectivity index (χ4n) is 2.48. The first-order chi connectivity index (χ1) is 7.98. The highest BCUT2D eigenvalue weighted by Crippen LogP contribution is 2.39. The van der Waals surface area contributed by atoms with Crippen LogP contribution in [-0.4, -0.2) is 37.9 Å². The maximum Gasteiger partial charge on any atom is 0.279 e. The minimum Gasteiger partial charge on any atom is -0.329 e. The van der Waals surface area contributed by atoms with Gasteiger partial charge in [0.05, 0.1) is 0 Å². The lowest BCUT2D eigenvalue weighted by molar-refractivity contribution is 0.314. The lowest BCUT2D eigenvalue weighted by Crippen LogP contribution is -2.57. The minimum absolute atomic E-state index is 0.366. The number of nitrogens with two attached hydrogens (primary N) is 1. The van der Waals surface area contributed by atoms with Crippen molar-refractivity contribution in [2.75, 3.05) is 19.6 Å². The van der Waals surface area contributed by atoms with Gasteiger partial charge in [0.2, 0.25) is 0 Å². The first-order valence-corrected chi connectivity index (χ1v) is 7.91. The number of rotatable bonds is 5. The van der Waals surface area contributed by atoms with Gasteiger partial charge in [-0.05, 0) is 38.5 Å². The van der Waals surface area contributed by atoms with Crippen LogP contribution in [0.4, 0.5) is 0 Å². The van der Waals surface area contributed by atoms with E-state index in [2.05, 4.69) is 4.72 Å². The largest absolute Gasteiger partial charge is 0.329 e. The Kier molecular flexibility index (Phi) is 3.77. The summed E-state index contributed by atoms with van der Waals surface area (Å²) in [4.78, 5) is 0. The van der Waals surface area contributed by atoms with E-state index < -0.39 is 15.7 Å². The molecule has 0 radical (unpaired) electrons. The van der Waals surface area contributed by atoms with Gasteiger partial charge >= 0.3 is 0 Å². The standard InChI is InChI=1S/C11H23N3O2S/c1-11(9-12,10-5-6-10)13-17(15,16)14-7-3-2-4-8-14/h10,13H,2-9,12H2,1H3. The van der Waals surface area contributed by atoms with Crippen molar-refractivity contribution in [1.82, 2.24) is 9.03 Å². The molecule has 5 nitrogen and oxygen atoms in total. The zero-order valence-corrected chi connectivity index (χ0v) is 11.3. The molecule has 1 heterocycles. The zero-order valence-electron chi connectivity index (χ0n) is 10.5. The van der Waals surface area contributed by atoms with E-state index in [1.807, 2.05) is 6.92 Å². The molecule has 0 aromatic heterocycles. The summed E-state index contributed by atoms with van der Waals surface area (Å²) in [5.41, 5.74) is 5.28. The quantitative estimate of drug-likeness (QED) is 0.754. The molecule has 17 heavy (non-hydrogen) atoms. The van der Waals surface area contributed by atoms with Crippen LogP contribution in [0, 0.1) is 5.92 Å². The molecule has 100 valence electrons. The molecule has 1 atom stereocenters. The lowest BCUT2D eigenvalue weighted by atomic mass is 9.98. The molecule has 6 heteroatoms. The van der Waals surface area contributed by atoms with Crippen LogP contribution in [0.1, 0.15) is 39.0 Å². The van der Waals surface area contributed by atoms with E-state index in [9.17, 15) is 8.42 Å². The summed E-state index contributed by atoms with van der Waals surface area (Å²) in [6.07, 6.45) is 5.21. The third-order valence-electron chi connectivity index (χ3n) is 3.92. The topological polar surface area (TPSA) is 75.4 Å². The van der Waals surface area contributed by atoms with E-state index in [4.69, 9.17) is 5.73 Å². The van der Waals surface area contributed by atoms with Crippen LogP contribution in [0.15, 0.2) is 0 Å². The Bertz CT molecular complexity index is 361. The third kappa shape index (κ3) is 2.99. The van der Waals surface area contributed by atoms with Crippen molar-refractivity contribution in [2.24, 2.45) is 11.7 Å². The molecule has 1 saturated heterocycles. The predicted molar refractivity (Wildman–Crippen MR) is 67.7 cm³/mol. The summed E-state index contributed by atoms with van der Waals surface area (Å²) >= 11 is 0. The first kappa shape index (κ1) is 13.3. The van der Waals surface area contributed by atoms with Gasteiger partial charge in [-0.15, -0.1) is 0 Å². The van der Waals surface area contributed by atoms with Crippen LogP contribution in [0.5, 0.6) is 0 Å². The Morgan fingerprint density at radius 1 is 1.29 bits per heavy atom. The summed E-state index contributed by atoms with van der Waals surface area (Å²) in [6, 6.07) is 0. The summed E-state index contributed by atoms with van der Waals surface area (Å²) in [7, 11) is -3.35. The maximum absolute atomic E-state index is 12.3. The van der Waals surface area contributed by atoms with Crippen molar-refractivity contribution in [1.29, 1.82) is 0 Å². The number of nitrogens with one attached hydrogen (secondary N) is 1. The van der Waals surface area contributed by atoms with Gasteiger partial charge in [0.25, 0.3) is 10.2 Å². The number of hydrogen-bond donors (Lipinski definition) is 2. The second-order valence-corrected chi connectivity index (χ2v) is 7.13. The van der Waals surface area contributed by atoms with Crippen LogP contribution in [-0.2, 0) is 10.2 Å². The minimum atomic E-state index is -3.35. The van der Waals surface area contributed by atoms with E-state index in [1.54, 1.807) is 4.31 Å². The van der Waals surface area contributed by atoms with E-state index in [0.717, 1.165) is 32.1 Å². The second kappa shape index (κ2) is 4.84. The normalized spacial score (nSPS) is 26.7. The van der Waals surface area contributed by atoms with Crippen LogP contribution in [0.2, 0.25) is 0 Å². The van der Waals surface area contributed by atoms with Crippen molar-refractivity contribution in [2.45, 2.75) is 44.6 Å². The van der Waals surface area contributed by atoms with Crippen molar-refractivity contribution < 1.29 is 8.42 Å². The Labute approximate surface area is 104 Å². The summed E-state index contributed by atoms with van der Waals surface area (Å²) in [5, 5.41) is 0. The highest BCUT2D eigenvalue weighted by molar-refractivity contribution is 7.87. The Morgan fingerprint density at radius 2 is 1.88 bits per heavy atom. The smallest absolute Gasteiger partial charge is 0.279 e. The van der Waals surface area contributed by atoms with Gasteiger partial charge in [-0.2, -0.15) is 17.4 Å². The molecule has 2 aliphatic rings. The SMILES string of the molecule is CC(CN)(NS(=O)(=O)N1CCCCC1)C1CC1. The van der Waals surface area contributed by atoms with E-state index in [1.165, 1.54) is 0 Å². The fourth-order valence-corrected chi connectivity index (χ4v) is 4.18. The van der Waals surface area contributed by atoms with Crippen molar-refractivity contribution in [3.05, 3.63) is 0 Å². The van der Waals surface area contributed by atoms with Crippen molar-refractivity contribution >= 4 is 10.2 Å². The van der Waals surface area contributed by atoms with Gasteiger partial charge in [-0.3, -0.25) is 0 Å². The van der Waals surface area contributed by atoms with Gasteiger partial charge < -0.3 is 5.73 Å². The van der Waals surface area contributed by atoms with E-state index >= 15 is 0 Å². The molecule has 0 aromatic carbocycles. The molecular weight excluding hydrogens is 238 g/mol. The molecule has 0 amide bonds. The third-order valence-corrected chi connectivity index (χ3v) is 5.69. The maximum atomic E-state index is 12.3. The lowest BCUT2D eigenvalue weighted by Gasteiger charge is -2.34. The molecule has 2 fully saturated rings. The number of piperidine rings is 1. The van der Waals surface area contributed by atoms with Gasteiger partial charge in [0.15, 0.2) is 0 Å². The van der Waals surface area contributed by atoms with Gasteiger partial charge in [-0.25, -0.2) is 0 Å². The van der Waals surface area contributed by atoms with Gasteiger partial charge in [0.1, 0.15) is 0 Å². The molecular formula is C11H23N3O2S. The zero-order chi connectivity index (χ0) is 12.5. The molecule has 1 aliphatic carbocycles. The average Bonchev–Trinajstić information content (AvgIpc) is 3.14. The summed E-state index contributed by atoms with van der Waals surface area (Å²) in [5.74, 6) is 0.409. The fraction of sp³-hybridized carbons (Fsp3) is 1.00. The molecule has 0 aromatic rings. The van der Waals surface area contributed by atoms with E-state index in [-0.39, 0.29) is 0 Å². The molecule has 3 N–H and O–H groups in total. The van der Waals surface area contributed by atoms with Crippen LogP contribution < -0.4 is 10.5 Å². The molecule has 1 aliphatic heterocycles. The predicted octanol–water partition coefficient (Wildman–Crippen LogP) is 0.434. The number of nitrogens with zero attached hydrogens (tertiary/aromatic N) is 1. The monoisotopic (exact) mass is 261 g/mol. The summed E-state index contributed by atoms with van der Waals surface area (Å²) < 4.78 is 28.9. The molecule has 1 unspecified atom stereocenters. The van der Waals surface area contributed by atoms with E-state index in [0.29, 0.717) is 25.6 Å². The van der Waals surface area contributed by atoms with Crippen molar-refractivity contribution in [3.63, 3.8) is 0 Å². The molecule has 2 rings (SSSR count). The summed E-state index contributed by atoms with van der Waals surface area (Å²) in [6.45, 7) is 3.57. The Balaban J connectivity index is 2.04. The van der Waals surface area contributed by atoms with Crippen LogP contribution in [0.25, 0.3) is 0 Å². The molecule has 0 spiro atoms. The Hall–Kier alpha value is -0.170. The van der Waals surface area contributed by atoms with Gasteiger partial charge in [0, 0.05) is 25.2 Å². The first-order valence-electron chi connectivity index (χ1n) is 6.47. The second-order valence-electron chi connectivity index (χ2n) is 5.46. The van der Waals surface area contributed by atoms with Gasteiger partial charge in [-0.1, -0.05) is 6.42 Å². The molecule has 0 bridgehead atoms. The highest BCUT2D eigenvalue weighted by atomic mass is 32.2.